The van der Waals surface area contributed by atoms with Gasteiger partial charge in [-0.1, -0.05) is 0 Å². The summed E-state index contributed by atoms with van der Waals surface area (Å²) >= 11 is 6.59. The lowest BCUT2D eigenvalue weighted by Gasteiger charge is -2.10. The molecule has 3 nitrogen and oxygen atoms in total. The average molecular weight is 432 g/mol. The molecule has 114 valence electrons. The van der Waals surface area contributed by atoms with E-state index in [9.17, 15) is 13.6 Å². The highest BCUT2D eigenvalue weighted by Crippen LogP contribution is 2.25. The van der Waals surface area contributed by atoms with Crippen molar-refractivity contribution in [3.05, 3.63) is 62.3 Å². The molecule has 22 heavy (non-hydrogen) atoms. The molecule has 1 heterocycles. The minimum atomic E-state index is -0.699. The molecule has 1 N–H and O–H groups in total. The first-order valence-corrected chi connectivity index (χ1v) is 7.71. The van der Waals surface area contributed by atoms with Crippen molar-refractivity contribution in [3.8, 4) is 0 Å². The fraction of sp³-hybridized carbons (Fsp3) is 0.0667. The van der Waals surface area contributed by atoms with Crippen molar-refractivity contribution in [2.75, 3.05) is 0 Å². The minimum absolute atomic E-state index is 0.273. The fourth-order valence-electron chi connectivity index (χ4n) is 1.79. The number of carbonyl (C=O) groups is 1. The highest BCUT2D eigenvalue weighted by molar-refractivity contribution is 9.11. The van der Waals surface area contributed by atoms with Gasteiger partial charge in [-0.05, 0) is 67.8 Å². The number of halogens is 4. The Labute approximate surface area is 142 Å². The molecule has 0 radical (unpaired) electrons. The summed E-state index contributed by atoms with van der Waals surface area (Å²) in [4.78, 5) is 15.7. The first-order chi connectivity index (χ1) is 10.3. The molecule has 0 aliphatic carbocycles. The molecule has 0 fully saturated rings. The van der Waals surface area contributed by atoms with Gasteiger partial charge in [-0.3, -0.25) is 4.79 Å². The van der Waals surface area contributed by atoms with Crippen molar-refractivity contribution in [3.63, 3.8) is 0 Å². The monoisotopic (exact) mass is 430 g/mol. The van der Waals surface area contributed by atoms with Crippen molar-refractivity contribution in [2.24, 2.45) is 0 Å². The molecule has 0 spiro atoms. The van der Waals surface area contributed by atoms with E-state index in [1.807, 2.05) is 0 Å². The van der Waals surface area contributed by atoms with Crippen LogP contribution in [-0.4, -0.2) is 10.9 Å². The fourth-order valence-corrected chi connectivity index (χ4v) is 2.53. The van der Waals surface area contributed by atoms with Crippen LogP contribution in [0.3, 0.4) is 0 Å². The number of nitrogens with zero attached hydrogens (tertiary/aromatic N) is 1. The lowest BCUT2D eigenvalue weighted by atomic mass is 10.1. The van der Waals surface area contributed by atoms with Gasteiger partial charge in [0.05, 0.1) is 5.70 Å². The van der Waals surface area contributed by atoms with E-state index in [2.05, 4.69) is 42.2 Å². The normalized spacial score (nSPS) is 11.4. The van der Waals surface area contributed by atoms with E-state index >= 15 is 0 Å². The van der Waals surface area contributed by atoms with Crippen molar-refractivity contribution in [2.45, 2.75) is 6.92 Å². The summed E-state index contributed by atoms with van der Waals surface area (Å²) in [7, 11) is 0. The van der Waals surface area contributed by atoms with Crippen LogP contribution >= 0.6 is 31.9 Å². The number of carbonyl (C=O) groups excluding carboxylic acids is 1. The number of hydrogen-bond donors (Lipinski definition) is 1. The second kappa shape index (κ2) is 7.11. The lowest BCUT2D eigenvalue weighted by Crippen LogP contribution is -2.19. The molecule has 1 amide bonds. The van der Waals surface area contributed by atoms with Gasteiger partial charge < -0.3 is 5.32 Å². The molecule has 0 saturated carbocycles. The summed E-state index contributed by atoms with van der Waals surface area (Å²) < 4.78 is 27.8. The number of aromatic nitrogens is 1. The Morgan fingerprint density at radius 1 is 1.18 bits per heavy atom. The number of amides is 1. The smallest absolute Gasteiger partial charge is 0.221 e. The first-order valence-electron chi connectivity index (χ1n) is 6.13. The van der Waals surface area contributed by atoms with Crippen LogP contribution in [-0.2, 0) is 4.79 Å². The highest BCUT2D eigenvalue weighted by atomic mass is 79.9. The quantitative estimate of drug-likeness (QED) is 0.726. The zero-order valence-electron chi connectivity index (χ0n) is 11.3. The maximum atomic E-state index is 13.3. The Balaban J connectivity index is 2.56. The van der Waals surface area contributed by atoms with Crippen LogP contribution in [0.25, 0.3) is 11.8 Å². The number of pyridine rings is 1. The topological polar surface area (TPSA) is 42.0 Å². The number of hydrogen-bond acceptors (Lipinski definition) is 2. The standard InChI is InChI=1S/C15H10Br2F2N2O/c1-8(22)20-13(15-12(16)2-3-14(17)21-15)6-9-4-10(18)7-11(19)5-9/h2-7H,1H3,(H,20,22)/b13-6-. The van der Waals surface area contributed by atoms with Crippen LogP contribution in [0.2, 0.25) is 0 Å². The Bertz CT molecular complexity index is 743. The van der Waals surface area contributed by atoms with Crippen LogP contribution in [0.4, 0.5) is 8.78 Å². The molecule has 0 atom stereocenters. The van der Waals surface area contributed by atoms with Crippen molar-refractivity contribution >= 4 is 49.5 Å². The third-order valence-corrected chi connectivity index (χ3v) is 3.66. The van der Waals surface area contributed by atoms with Gasteiger partial charge in [0.1, 0.15) is 21.9 Å². The SMILES string of the molecule is CC(=O)N/C(=C\c1cc(F)cc(F)c1)c1nc(Br)ccc1Br. The third kappa shape index (κ3) is 4.45. The van der Waals surface area contributed by atoms with Crippen LogP contribution < -0.4 is 5.32 Å². The molecular weight excluding hydrogens is 422 g/mol. The van der Waals surface area contributed by atoms with Crippen LogP contribution in [0.5, 0.6) is 0 Å². The van der Waals surface area contributed by atoms with E-state index in [1.54, 1.807) is 12.1 Å². The molecule has 2 aromatic rings. The first kappa shape index (κ1) is 16.8. The molecule has 7 heteroatoms. The zero-order chi connectivity index (χ0) is 16.3. The molecular formula is C15H10Br2F2N2O. The summed E-state index contributed by atoms with van der Waals surface area (Å²) in [6.07, 6.45) is 1.45. The van der Waals surface area contributed by atoms with Gasteiger partial charge >= 0.3 is 0 Å². The minimum Gasteiger partial charge on any atom is -0.324 e. The largest absolute Gasteiger partial charge is 0.324 e. The number of rotatable bonds is 3. The second-order valence-electron chi connectivity index (χ2n) is 4.41. The second-order valence-corrected chi connectivity index (χ2v) is 6.07. The summed E-state index contributed by atoms with van der Waals surface area (Å²) in [5, 5.41) is 2.62. The van der Waals surface area contributed by atoms with Crippen molar-refractivity contribution in [1.82, 2.24) is 10.3 Å². The van der Waals surface area contributed by atoms with Gasteiger partial charge in [-0.2, -0.15) is 0 Å². The van der Waals surface area contributed by atoms with Gasteiger partial charge in [-0.15, -0.1) is 0 Å². The molecule has 0 aliphatic rings. The van der Waals surface area contributed by atoms with E-state index in [1.165, 1.54) is 13.0 Å². The molecule has 2 rings (SSSR count). The van der Waals surface area contributed by atoms with Crippen LogP contribution in [0.1, 0.15) is 18.2 Å². The molecule has 1 aromatic carbocycles. The average Bonchev–Trinajstić information content (AvgIpc) is 2.39. The highest BCUT2D eigenvalue weighted by Gasteiger charge is 2.11. The molecule has 0 saturated heterocycles. The van der Waals surface area contributed by atoms with Crippen molar-refractivity contribution < 1.29 is 13.6 Å². The van der Waals surface area contributed by atoms with Gasteiger partial charge in [0.25, 0.3) is 0 Å². The van der Waals surface area contributed by atoms with E-state index in [4.69, 9.17) is 0 Å². The maximum absolute atomic E-state index is 13.3. The zero-order valence-corrected chi connectivity index (χ0v) is 14.5. The summed E-state index contributed by atoms with van der Waals surface area (Å²) in [6, 6.07) is 6.57. The Morgan fingerprint density at radius 3 is 2.41 bits per heavy atom. The summed E-state index contributed by atoms with van der Waals surface area (Å²) in [5.41, 5.74) is 1.04. The molecule has 1 aromatic heterocycles. The molecule has 0 aliphatic heterocycles. The Morgan fingerprint density at radius 2 is 1.82 bits per heavy atom. The summed E-state index contributed by atoms with van der Waals surface area (Å²) in [5.74, 6) is -1.72. The Kier molecular flexibility index (Phi) is 5.42. The lowest BCUT2D eigenvalue weighted by molar-refractivity contribution is -0.117. The van der Waals surface area contributed by atoms with E-state index in [-0.39, 0.29) is 11.5 Å². The van der Waals surface area contributed by atoms with E-state index in [0.717, 1.165) is 18.2 Å². The van der Waals surface area contributed by atoms with Gasteiger partial charge in [0.15, 0.2) is 0 Å². The van der Waals surface area contributed by atoms with Gasteiger partial charge in [0, 0.05) is 17.5 Å². The number of benzene rings is 1. The van der Waals surface area contributed by atoms with Crippen molar-refractivity contribution in [1.29, 1.82) is 0 Å². The third-order valence-electron chi connectivity index (χ3n) is 2.57. The van der Waals surface area contributed by atoms with Gasteiger partial charge in [0.2, 0.25) is 5.91 Å². The van der Waals surface area contributed by atoms with E-state index < -0.39 is 11.6 Å². The van der Waals surface area contributed by atoms with E-state index in [0.29, 0.717) is 20.5 Å². The van der Waals surface area contributed by atoms with Crippen LogP contribution in [0.15, 0.2) is 39.4 Å². The predicted octanol–water partition coefficient (Wildman–Crippen LogP) is 4.52. The summed E-state index contributed by atoms with van der Waals surface area (Å²) in [6.45, 7) is 1.34. The molecule has 0 bridgehead atoms. The van der Waals surface area contributed by atoms with Crippen LogP contribution in [0, 0.1) is 11.6 Å². The van der Waals surface area contributed by atoms with Gasteiger partial charge in [-0.25, -0.2) is 13.8 Å². The Hall–Kier alpha value is -1.60. The maximum Gasteiger partial charge on any atom is 0.221 e. The molecule has 0 unspecified atom stereocenters. The predicted molar refractivity (Wildman–Crippen MR) is 87.7 cm³/mol. The number of nitrogens with one attached hydrogen (secondary N) is 1.